The zero-order valence-electron chi connectivity index (χ0n) is 16.4. The summed E-state index contributed by atoms with van der Waals surface area (Å²) in [5.41, 5.74) is 4.81. The third-order valence-electron chi connectivity index (χ3n) is 4.84. The zero-order chi connectivity index (χ0) is 20.3. The largest absolute Gasteiger partial charge is 0.365 e. The van der Waals surface area contributed by atoms with Gasteiger partial charge in [-0.15, -0.1) is 0 Å². The van der Waals surface area contributed by atoms with E-state index in [1.807, 2.05) is 54.7 Å². The van der Waals surface area contributed by atoms with Crippen LogP contribution in [0, 0.1) is 6.92 Å². The second kappa shape index (κ2) is 7.75. The quantitative estimate of drug-likeness (QED) is 0.438. The molecular formula is C24H19N5O. The van der Waals surface area contributed by atoms with Crippen molar-refractivity contribution < 1.29 is 4.52 Å². The number of anilines is 1. The van der Waals surface area contributed by atoms with Crippen LogP contribution >= 0.6 is 0 Å². The Labute approximate surface area is 173 Å². The molecule has 5 rings (SSSR count). The van der Waals surface area contributed by atoms with E-state index in [1.54, 1.807) is 6.20 Å². The smallest absolute Gasteiger partial charge is 0.258 e. The maximum atomic E-state index is 5.53. The number of nitrogens with zero attached hydrogens (tertiary/aromatic N) is 4. The lowest BCUT2D eigenvalue weighted by atomic mass is 10.1. The Morgan fingerprint density at radius 2 is 1.83 bits per heavy atom. The van der Waals surface area contributed by atoms with Crippen LogP contribution in [0.3, 0.4) is 0 Å². The summed E-state index contributed by atoms with van der Waals surface area (Å²) in [5, 5.41) is 8.66. The fraction of sp³-hybridized carbons (Fsp3) is 0.0833. The second-order valence-corrected chi connectivity index (χ2v) is 7.08. The van der Waals surface area contributed by atoms with Crippen LogP contribution in [0.25, 0.3) is 33.7 Å². The molecule has 6 nitrogen and oxygen atoms in total. The van der Waals surface area contributed by atoms with Crippen molar-refractivity contribution in [1.29, 1.82) is 0 Å². The molecule has 6 heteroatoms. The average molecular weight is 393 g/mol. The van der Waals surface area contributed by atoms with Crippen molar-refractivity contribution in [3.63, 3.8) is 0 Å². The van der Waals surface area contributed by atoms with Gasteiger partial charge < -0.3 is 9.84 Å². The minimum absolute atomic E-state index is 0.479. The normalized spacial score (nSPS) is 11.0. The monoisotopic (exact) mass is 393 g/mol. The number of rotatable bonds is 5. The lowest BCUT2D eigenvalue weighted by Crippen LogP contribution is -2.04. The van der Waals surface area contributed by atoms with Crippen molar-refractivity contribution in [3.05, 3.63) is 90.3 Å². The number of nitrogens with one attached hydrogen (secondary N) is 1. The second-order valence-electron chi connectivity index (χ2n) is 7.08. The number of benzene rings is 2. The van der Waals surface area contributed by atoms with Crippen LogP contribution < -0.4 is 5.32 Å². The van der Waals surface area contributed by atoms with E-state index in [2.05, 4.69) is 45.6 Å². The summed E-state index contributed by atoms with van der Waals surface area (Å²) in [7, 11) is 0. The maximum absolute atomic E-state index is 5.53. The first-order valence-corrected chi connectivity index (χ1v) is 9.70. The summed E-state index contributed by atoms with van der Waals surface area (Å²) < 4.78 is 5.53. The Bertz CT molecular complexity index is 1300. The molecule has 0 radical (unpaired) electrons. The minimum Gasteiger partial charge on any atom is -0.365 e. The van der Waals surface area contributed by atoms with Crippen LogP contribution in [-0.2, 0) is 6.54 Å². The number of pyridine rings is 2. The van der Waals surface area contributed by atoms with Crippen molar-refractivity contribution in [2.45, 2.75) is 13.5 Å². The van der Waals surface area contributed by atoms with Crippen molar-refractivity contribution >= 4 is 16.7 Å². The predicted octanol–water partition coefficient (Wildman–Crippen LogP) is 5.27. The van der Waals surface area contributed by atoms with E-state index in [9.17, 15) is 0 Å². The molecule has 30 heavy (non-hydrogen) atoms. The first-order valence-electron chi connectivity index (χ1n) is 9.70. The van der Waals surface area contributed by atoms with E-state index >= 15 is 0 Å². The van der Waals surface area contributed by atoms with Gasteiger partial charge in [0.25, 0.3) is 5.89 Å². The molecule has 0 saturated heterocycles. The van der Waals surface area contributed by atoms with E-state index in [1.165, 1.54) is 0 Å². The molecule has 5 aromatic rings. The van der Waals surface area contributed by atoms with Gasteiger partial charge in [0, 0.05) is 29.9 Å². The first-order chi connectivity index (χ1) is 14.8. The topological polar surface area (TPSA) is 76.7 Å². The molecular weight excluding hydrogens is 374 g/mol. The fourth-order valence-corrected chi connectivity index (χ4v) is 3.30. The van der Waals surface area contributed by atoms with Crippen LogP contribution in [0.1, 0.15) is 11.1 Å². The number of aromatic nitrogens is 4. The molecule has 0 unspecified atom stereocenters. The molecule has 1 N–H and O–H groups in total. The number of aryl methyl sites for hydroxylation is 1. The van der Waals surface area contributed by atoms with Crippen molar-refractivity contribution in [3.8, 4) is 22.8 Å². The number of hydrogen-bond donors (Lipinski definition) is 1. The molecule has 0 aliphatic heterocycles. The van der Waals surface area contributed by atoms with Gasteiger partial charge >= 0.3 is 0 Å². The molecule has 0 spiro atoms. The molecule has 146 valence electrons. The van der Waals surface area contributed by atoms with E-state index < -0.39 is 0 Å². The highest BCUT2D eigenvalue weighted by Crippen LogP contribution is 2.30. The van der Waals surface area contributed by atoms with E-state index in [4.69, 9.17) is 9.51 Å². The molecule has 2 aromatic carbocycles. The Balaban J connectivity index is 1.57. The number of hydrogen-bond acceptors (Lipinski definition) is 6. The molecule has 0 saturated carbocycles. The van der Waals surface area contributed by atoms with Gasteiger partial charge in [-0.3, -0.25) is 4.98 Å². The summed E-state index contributed by atoms with van der Waals surface area (Å²) in [6.45, 7) is 2.65. The van der Waals surface area contributed by atoms with Gasteiger partial charge in [0.15, 0.2) is 0 Å². The lowest BCUT2D eigenvalue weighted by Gasteiger charge is -2.11. The van der Waals surface area contributed by atoms with Crippen molar-refractivity contribution in [2.75, 3.05) is 5.32 Å². The summed E-state index contributed by atoms with van der Waals surface area (Å²) >= 11 is 0. The van der Waals surface area contributed by atoms with Gasteiger partial charge in [0.05, 0.1) is 11.1 Å². The molecule has 0 aliphatic rings. The first kappa shape index (κ1) is 18.0. The van der Waals surface area contributed by atoms with Crippen LogP contribution in [0.5, 0.6) is 0 Å². The Morgan fingerprint density at radius 1 is 0.933 bits per heavy atom. The Hall–Kier alpha value is -4.06. The van der Waals surface area contributed by atoms with Gasteiger partial charge in [-0.25, -0.2) is 4.98 Å². The summed E-state index contributed by atoms with van der Waals surface area (Å²) in [6.07, 6.45) is 3.59. The average Bonchev–Trinajstić information content (AvgIpc) is 3.28. The third kappa shape index (κ3) is 3.63. The zero-order valence-corrected chi connectivity index (χ0v) is 16.4. The van der Waals surface area contributed by atoms with Gasteiger partial charge in [-0.2, -0.15) is 4.98 Å². The molecule has 0 atom stereocenters. The van der Waals surface area contributed by atoms with E-state index in [0.717, 1.165) is 33.2 Å². The molecule has 3 heterocycles. The third-order valence-corrected chi connectivity index (χ3v) is 4.84. The number of fused-ring (bicyclic) bond motifs is 1. The summed E-state index contributed by atoms with van der Waals surface area (Å²) in [4.78, 5) is 13.7. The standard InChI is InChI=1S/C24H19N5O/c1-16-9-10-19-13-20(23-28-24(30-29-23)18-7-3-2-4-8-18)22(27-21(19)12-16)26-15-17-6-5-11-25-14-17/h2-14H,15H2,1H3,(H,26,27). The lowest BCUT2D eigenvalue weighted by molar-refractivity contribution is 0.432. The van der Waals surface area contributed by atoms with Gasteiger partial charge in [0.2, 0.25) is 5.82 Å². The molecule has 0 bridgehead atoms. The molecule has 0 fully saturated rings. The summed E-state index contributed by atoms with van der Waals surface area (Å²) in [6, 6.07) is 21.9. The van der Waals surface area contributed by atoms with Crippen LogP contribution in [-0.4, -0.2) is 20.1 Å². The highest BCUT2D eigenvalue weighted by Gasteiger charge is 2.16. The molecule has 3 aromatic heterocycles. The highest BCUT2D eigenvalue weighted by atomic mass is 16.5. The SMILES string of the molecule is Cc1ccc2cc(-c3noc(-c4ccccc4)n3)c(NCc3cccnc3)nc2c1. The van der Waals surface area contributed by atoms with Crippen LogP contribution in [0.4, 0.5) is 5.82 Å². The summed E-state index contributed by atoms with van der Waals surface area (Å²) in [5.74, 6) is 1.68. The van der Waals surface area contributed by atoms with Crippen LogP contribution in [0.2, 0.25) is 0 Å². The highest BCUT2D eigenvalue weighted by molar-refractivity contribution is 5.88. The maximum Gasteiger partial charge on any atom is 0.258 e. The van der Waals surface area contributed by atoms with Crippen molar-refractivity contribution in [1.82, 2.24) is 20.1 Å². The van der Waals surface area contributed by atoms with Gasteiger partial charge in [-0.05, 0) is 48.4 Å². The van der Waals surface area contributed by atoms with Crippen molar-refractivity contribution in [2.24, 2.45) is 0 Å². The Morgan fingerprint density at radius 3 is 2.67 bits per heavy atom. The fourth-order valence-electron chi connectivity index (χ4n) is 3.30. The minimum atomic E-state index is 0.479. The van der Waals surface area contributed by atoms with Gasteiger partial charge in [0.1, 0.15) is 5.82 Å². The van der Waals surface area contributed by atoms with E-state index in [0.29, 0.717) is 24.1 Å². The molecule has 0 aliphatic carbocycles. The predicted molar refractivity (Wildman–Crippen MR) is 117 cm³/mol. The van der Waals surface area contributed by atoms with Gasteiger partial charge in [-0.1, -0.05) is 41.6 Å². The molecule has 0 amide bonds. The Kier molecular flexibility index (Phi) is 4.65. The van der Waals surface area contributed by atoms with E-state index in [-0.39, 0.29) is 0 Å². The van der Waals surface area contributed by atoms with Crippen LogP contribution in [0.15, 0.2) is 83.6 Å².